The molecule has 146 valence electrons. The third-order valence-electron chi connectivity index (χ3n) is 4.36. The van der Waals surface area contributed by atoms with E-state index in [0.717, 1.165) is 16.9 Å². The molecule has 0 aliphatic rings. The molecule has 1 unspecified atom stereocenters. The van der Waals surface area contributed by atoms with Crippen LogP contribution in [0.3, 0.4) is 0 Å². The Kier molecular flexibility index (Phi) is 6.85. The highest BCUT2D eigenvalue weighted by molar-refractivity contribution is 7.90. The highest BCUT2D eigenvalue weighted by Crippen LogP contribution is 2.20. The molecule has 0 aromatic heterocycles. The number of rotatable bonds is 7. The van der Waals surface area contributed by atoms with E-state index in [4.69, 9.17) is 4.74 Å². The van der Waals surface area contributed by atoms with Crippen LogP contribution in [0.15, 0.2) is 53.4 Å². The largest absolute Gasteiger partial charge is 0.492 e. The van der Waals surface area contributed by atoms with Crippen LogP contribution in [0.25, 0.3) is 0 Å². The number of aryl methyl sites for hydroxylation is 1. The minimum Gasteiger partial charge on any atom is -0.492 e. The van der Waals surface area contributed by atoms with E-state index in [-0.39, 0.29) is 17.0 Å². The fourth-order valence-corrected chi connectivity index (χ4v) is 3.11. The van der Waals surface area contributed by atoms with Crippen LogP contribution in [0.5, 0.6) is 5.75 Å². The lowest BCUT2D eigenvalue weighted by atomic mass is 10.1. The van der Waals surface area contributed by atoms with Gasteiger partial charge < -0.3 is 15.0 Å². The van der Waals surface area contributed by atoms with Gasteiger partial charge >= 0.3 is 6.03 Å². The molecule has 2 aromatic rings. The van der Waals surface area contributed by atoms with Gasteiger partial charge in [0.1, 0.15) is 12.4 Å². The van der Waals surface area contributed by atoms with Crippen molar-refractivity contribution in [2.45, 2.75) is 24.8 Å². The second-order valence-electron chi connectivity index (χ2n) is 6.52. The van der Waals surface area contributed by atoms with E-state index >= 15 is 0 Å². The van der Waals surface area contributed by atoms with E-state index in [0.29, 0.717) is 13.2 Å². The Morgan fingerprint density at radius 1 is 1.11 bits per heavy atom. The van der Waals surface area contributed by atoms with Crippen LogP contribution in [0.2, 0.25) is 0 Å². The fourth-order valence-electron chi connectivity index (χ4n) is 2.48. The zero-order valence-corrected chi connectivity index (χ0v) is 16.9. The standard InChI is InChI=1S/C20H26N2O4S/c1-15-5-9-18(10-6-15)26-14-13-21-20(23)22(3)16(2)17-7-11-19(12-8-17)27(4,24)25/h5-12,16H,13-14H2,1-4H3,(H,21,23). The van der Waals surface area contributed by atoms with Crippen molar-refractivity contribution in [1.29, 1.82) is 0 Å². The summed E-state index contributed by atoms with van der Waals surface area (Å²) in [5, 5.41) is 2.82. The maximum atomic E-state index is 12.3. The summed E-state index contributed by atoms with van der Waals surface area (Å²) < 4.78 is 28.7. The van der Waals surface area contributed by atoms with Crippen molar-refractivity contribution in [2.24, 2.45) is 0 Å². The number of hydrogen-bond donors (Lipinski definition) is 1. The molecule has 0 heterocycles. The molecule has 0 saturated carbocycles. The Morgan fingerprint density at radius 2 is 1.70 bits per heavy atom. The maximum Gasteiger partial charge on any atom is 0.317 e. The molecule has 1 N–H and O–H groups in total. The maximum absolute atomic E-state index is 12.3. The molecule has 0 fully saturated rings. The number of amides is 2. The van der Waals surface area contributed by atoms with Gasteiger partial charge in [-0.05, 0) is 43.7 Å². The molecule has 2 amide bonds. The van der Waals surface area contributed by atoms with Crippen molar-refractivity contribution in [3.8, 4) is 5.75 Å². The van der Waals surface area contributed by atoms with Gasteiger partial charge in [0, 0.05) is 13.3 Å². The summed E-state index contributed by atoms with van der Waals surface area (Å²) in [4.78, 5) is 14.1. The van der Waals surface area contributed by atoms with Crippen LogP contribution < -0.4 is 10.1 Å². The molecule has 0 spiro atoms. The van der Waals surface area contributed by atoms with E-state index in [1.807, 2.05) is 38.1 Å². The highest BCUT2D eigenvalue weighted by Gasteiger charge is 2.17. The van der Waals surface area contributed by atoms with Gasteiger partial charge in [0.2, 0.25) is 0 Å². The summed E-state index contributed by atoms with van der Waals surface area (Å²) in [6.07, 6.45) is 1.17. The second-order valence-corrected chi connectivity index (χ2v) is 8.54. The first-order chi connectivity index (χ1) is 12.7. The minimum atomic E-state index is -3.23. The zero-order chi connectivity index (χ0) is 20.0. The van der Waals surface area contributed by atoms with E-state index in [1.165, 1.54) is 6.26 Å². The number of ether oxygens (including phenoxy) is 1. The molecule has 7 heteroatoms. The Labute approximate surface area is 161 Å². The van der Waals surface area contributed by atoms with Gasteiger partial charge in [0.05, 0.1) is 17.5 Å². The topological polar surface area (TPSA) is 75.7 Å². The molecule has 0 radical (unpaired) electrons. The number of nitrogens with zero attached hydrogens (tertiary/aromatic N) is 1. The Morgan fingerprint density at radius 3 is 2.26 bits per heavy atom. The first-order valence-corrected chi connectivity index (χ1v) is 10.6. The van der Waals surface area contributed by atoms with Crippen molar-refractivity contribution in [3.05, 3.63) is 59.7 Å². The summed E-state index contributed by atoms with van der Waals surface area (Å²) in [7, 11) is -1.53. The fraction of sp³-hybridized carbons (Fsp3) is 0.350. The van der Waals surface area contributed by atoms with E-state index in [9.17, 15) is 13.2 Å². The molecule has 2 aromatic carbocycles. The summed E-state index contributed by atoms with van der Waals surface area (Å²) in [5.74, 6) is 0.766. The van der Waals surface area contributed by atoms with Crippen molar-refractivity contribution in [3.63, 3.8) is 0 Å². The van der Waals surface area contributed by atoms with Crippen molar-refractivity contribution in [2.75, 3.05) is 26.5 Å². The molecule has 0 bridgehead atoms. The van der Waals surface area contributed by atoms with Crippen LogP contribution in [0.4, 0.5) is 4.79 Å². The van der Waals surface area contributed by atoms with E-state index in [1.54, 1.807) is 36.2 Å². The molecular weight excluding hydrogens is 364 g/mol. The predicted molar refractivity (Wildman–Crippen MR) is 106 cm³/mol. The first-order valence-electron chi connectivity index (χ1n) is 8.68. The Hall–Kier alpha value is -2.54. The lowest BCUT2D eigenvalue weighted by Gasteiger charge is -2.25. The number of carbonyl (C=O) groups is 1. The Balaban J connectivity index is 1.83. The van der Waals surface area contributed by atoms with Crippen molar-refractivity contribution in [1.82, 2.24) is 10.2 Å². The smallest absolute Gasteiger partial charge is 0.317 e. The first kappa shape index (κ1) is 20.8. The zero-order valence-electron chi connectivity index (χ0n) is 16.1. The van der Waals surface area contributed by atoms with Crippen LogP contribution in [0, 0.1) is 6.92 Å². The number of sulfone groups is 1. The predicted octanol–water partition coefficient (Wildman–Crippen LogP) is 3.18. The number of nitrogens with one attached hydrogen (secondary N) is 1. The molecule has 0 aliphatic heterocycles. The lowest BCUT2D eigenvalue weighted by molar-refractivity contribution is 0.191. The van der Waals surface area contributed by atoms with Crippen LogP contribution in [0.1, 0.15) is 24.1 Å². The normalized spacial score (nSPS) is 12.3. The van der Waals surface area contributed by atoms with Gasteiger partial charge in [0.15, 0.2) is 9.84 Å². The molecule has 0 saturated heterocycles. The van der Waals surface area contributed by atoms with E-state index in [2.05, 4.69) is 5.32 Å². The third-order valence-corrected chi connectivity index (χ3v) is 5.49. The van der Waals surface area contributed by atoms with E-state index < -0.39 is 9.84 Å². The molecule has 1 atom stereocenters. The molecular formula is C20H26N2O4S. The van der Waals surface area contributed by atoms with Gasteiger partial charge in [-0.1, -0.05) is 29.8 Å². The van der Waals surface area contributed by atoms with Crippen molar-refractivity contribution >= 4 is 15.9 Å². The Bertz CT molecular complexity index is 862. The number of benzene rings is 2. The molecule has 6 nitrogen and oxygen atoms in total. The van der Waals surface area contributed by atoms with Gasteiger partial charge in [-0.2, -0.15) is 0 Å². The summed E-state index contributed by atoms with van der Waals surface area (Å²) >= 11 is 0. The van der Waals surface area contributed by atoms with Crippen molar-refractivity contribution < 1.29 is 17.9 Å². The quantitative estimate of drug-likeness (QED) is 0.737. The molecule has 0 aliphatic carbocycles. The minimum absolute atomic E-state index is 0.198. The van der Waals surface area contributed by atoms with Crippen LogP contribution in [-0.2, 0) is 9.84 Å². The summed E-state index contributed by atoms with van der Waals surface area (Å²) in [6, 6.07) is 13.9. The van der Waals surface area contributed by atoms with Gasteiger partial charge in [0.25, 0.3) is 0 Å². The summed E-state index contributed by atoms with van der Waals surface area (Å²) in [5.41, 5.74) is 2.02. The van der Waals surface area contributed by atoms with Gasteiger partial charge in [-0.15, -0.1) is 0 Å². The van der Waals surface area contributed by atoms with Gasteiger partial charge in [-0.25, -0.2) is 13.2 Å². The van der Waals surface area contributed by atoms with Crippen LogP contribution >= 0.6 is 0 Å². The van der Waals surface area contributed by atoms with Crippen LogP contribution in [-0.4, -0.2) is 45.8 Å². The van der Waals surface area contributed by atoms with Gasteiger partial charge in [-0.3, -0.25) is 0 Å². The lowest BCUT2D eigenvalue weighted by Crippen LogP contribution is -2.40. The number of hydrogen-bond acceptors (Lipinski definition) is 4. The molecule has 2 rings (SSSR count). The second kappa shape index (κ2) is 8.90. The number of urea groups is 1. The number of carbonyl (C=O) groups excluding carboxylic acids is 1. The highest BCUT2D eigenvalue weighted by atomic mass is 32.2. The third kappa shape index (κ3) is 5.99. The average molecular weight is 391 g/mol. The monoisotopic (exact) mass is 390 g/mol. The molecule has 27 heavy (non-hydrogen) atoms. The summed E-state index contributed by atoms with van der Waals surface area (Å²) in [6.45, 7) is 4.66. The average Bonchev–Trinajstić information content (AvgIpc) is 2.64. The SMILES string of the molecule is Cc1ccc(OCCNC(=O)N(C)C(C)c2ccc(S(C)(=O)=O)cc2)cc1.